The average molecular weight is 383 g/mol. The summed E-state index contributed by atoms with van der Waals surface area (Å²) in [5.74, 6) is 1.91. The molecule has 0 bridgehead atoms. The van der Waals surface area contributed by atoms with Gasteiger partial charge in [-0.15, -0.1) is 11.3 Å². The Labute approximate surface area is 162 Å². The first kappa shape index (κ1) is 18.8. The van der Waals surface area contributed by atoms with Crippen molar-refractivity contribution in [3.8, 4) is 17.2 Å². The Morgan fingerprint density at radius 3 is 2.67 bits per heavy atom. The molecular weight excluding hydrogens is 362 g/mol. The standard InChI is InChI=1S/C21H21NO4S/c1-14-7-8-18(19(9-14)25-3)26-12-15-10-20(27-13-15)21(23)22-16-5-4-6-17(11-16)24-2/h4-11,13H,12H2,1-3H3,(H,22,23). The summed E-state index contributed by atoms with van der Waals surface area (Å²) in [5.41, 5.74) is 2.72. The van der Waals surface area contributed by atoms with Crippen molar-refractivity contribution in [2.24, 2.45) is 0 Å². The van der Waals surface area contributed by atoms with Gasteiger partial charge in [0.15, 0.2) is 11.5 Å². The van der Waals surface area contributed by atoms with Gasteiger partial charge in [-0.05, 0) is 48.2 Å². The number of hydrogen-bond acceptors (Lipinski definition) is 5. The number of nitrogens with one attached hydrogen (secondary N) is 1. The predicted molar refractivity (Wildman–Crippen MR) is 107 cm³/mol. The minimum absolute atomic E-state index is 0.160. The first-order valence-corrected chi connectivity index (χ1v) is 9.27. The molecule has 27 heavy (non-hydrogen) atoms. The van der Waals surface area contributed by atoms with Gasteiger partial charge in [-0.1, -0.05) is 12.1 Å². The third-order valence-corrected chi connectivity index (χ3v) is 4.90. The minimum atomic E-state index is -0.160. The maximum Gasteiger partial charge on any atom is 0.265 e. The van der Waals surface area contributed by atoms with E-state index in [1.54, 1.807) is 20.3 Å². The Kier molecular flexibility index (Phi) is 5.98. The fourth-order valence-electron chi connectivity index (χ4n) is 2.52. The zero-order valence-corrected chi connectivity index (χ0v) is 16.3. The first-order valence-electron chi connectivity index (χ1n) is 8.39. The van der Waals surface area contributed by atoms with Gasteiger partial charge in [-0.3, -0.25) is 4.79 Å². The Hall–Kier alpha value is -2.99. The van der Waals surface area contributed by atoms with Crippen molar-refractivity contribution in [3.63, 3.8) is 0 Å². The second-order valence-electron chi connectivity index (χ2n) is 5.95. The summed E-state index contributed by atoms with van der Waals surface area (Å²) >= 11 is 1.38. The van der Waals surface area contributed by atoms with Crippen LogP contribution in [-0.4, -0.2) is 20.1 Å². The number of carbonyl (C=O) groups excluding carboxylic acids is 1. The van der Waals surface area contributed by atoms with Crippen LogP contribution in [0.5, 0.6) is 17.2 Å². The molecule has 1 heterocycles. The van der Waals surface area contributed by atoms with Crippen LogP contribution < -0.4 is 19.5 Å². The van der Waals surface area contributed by atoms with Crippen LogP contribution in [0.4, 0.5) is 5.69 Å². The number of carbonyl (C=O) groups is 1. The van der Waals surface area contributed by atoms with Crippen LogP contribution in [0.3, 0.4) is 0 Å². The molecule has 0 saturated carbocycles. The molecule has 3 aromatic rings. The van der Waals surface area contributed by atoms with E-state index in [-0.39, 0.29) is 5.91 Å². The molecule has 0 fully saturated rings. The lowest BCUT2D eigenvalue weighted by atomic mass is 10.2. The monoisotopic (exact) mass is 383 g/mol. The van der Waals surface area contributed by atoms with Gasteiger partial charge < -0.3 is 19.5 Å². The molecule has 0 spiro atoms. The molecule has 0 atom stereocenters. The largest absolute Gasteiger partial charge is 0.497 e. The summed E-state index contributed by atoms with van der Waals surface area (Å²) in [6.45, 7) is 2.36. The maximum absolute atomic E-state index is 12.4. The molecule has 0 radical (unpaired) electrons. The molecule has 0 saturated heterocycles. The predicted octanol–water partition coefficient (Wildman–Crippen LogP) is 4.91. The van der Waals surface area contributed by atoms with Crippen LogP contribution in [0.2, 0.25) is 0 Å². The Balaban J connectivity index is 1.63. The molecule has 0 unspecified atom stereocenters. The number of methoxy groups -OCH3 is 2. The molecule has 140 valence electrons. The number of anilines is 1. The Bertz CT molecular complexity index is 935. The number of rotatable bonds is 7. The van der Waals surface area contributed by atoms with Crippen molar-refractivity contribution >= 4 is 22.9 Å². The van der Waals surface area contributed by atoms with E-state index in [9.17, 15) is 4.79 Å². The quantitative estimate of drug-likeness (QED) is 0.630. The van der Waals surface area contributed by atoms with Gasteiger partial charge in [0.2, 0.25) is 0 Å². The average Bonchev–Trinajstić information content (AvgIpc) is 3.16. The highest BCUT2D eigenvalue weighted by molar-refractivity contribution is 7.12. The number of aryl methyl sites for hydroxylation is 1. The summed E-state index contributed by atoms with van der Waals surface area (Å²) in [5, 5.41) is 4.79. The summed E-state index contributed by atoms with van der Waals surface area (Å²) in [7, 11) is 3.21. The molecule has 1 aromatic heterocycles. The number of ether oxygens (including phenoxy) is 3. The highest BCUT2D eigenvalue weighted by Gasteiger charge is 2.11. The minimum Gasteiger partial charge on any atom is -0.497 e. The smallest absolute Gasteiger partial charge is 0.265 e. The highest BCUT2D eigenvalue weighted by atomic mass is 32.1. The lowest BCUT2D eigenvalue weighted by Crippen LogP contribution is -2.10. The molecule has 5 nitrogen and oxygen atoms in total. The van der Waals surface area contributed by atoms with Gasteiger partial charge >= 0.3 is 0 Å². The molecule has 1 N–H and O–H groups in total. The van der Waals surface area contributed by atoms with Gasteiger partial charge in [0, 0.05) is 17.3 Å². The Morgan fingerprint density at radius 1 is 1.04 bits per heavy atom. The second kappa shape index (κ2) is 8.60. The summed E-state index contributed by atoms with van der Waals surface area (Å²) < 4.78 is 16.4. The molecule has 0 aliphatic heterocycles. The summed E-state index contributed by atoms with van der Waals surface area (Å²) in [6.07, 6.45) is 0. The van der Waals surface area contributed by atoms with Crippen LogP contribution in [0, 0.1) is 6.92 Å². The SMILES string of the molecule is COc1cccc(NC(=O)c2cc(COc3ccc(C)cc3OC)cs2)c1. The molecule has 6 heteroatoms. The van der Waals surface area contributed by atoms with Crippen molar-refractivity contribution in [2.45, 2.75) is 13.5 Å². The first-order chi connectivity index (χ1) is 13.1. The number of benzene rings is 2. The Morgan fingerprint density at radius 2 is 1.89 bits per heavy atom. The lowest BCUT2D eigenvalue weighted by molar-refractivity contribution is 0.103. The van der Waals surface area contributed by atoms with Crippen molar-refractivity contribution in [1.82, 2.24) is 0 Å². The normalized spacial score (nSPS) is 10.3. The summed E-state index contributed by atoms with van der Waals surface area (Å²) in [6, 6.07) is 14.9. The van der Waals surface area contributed by atoms with Crippen LogP contribution in [0.15, 0.2) is 53.9 Å². The van der Waals surface area contributed by atoms with Crippen molar-refractivity contribution < 1.29 is 19.0 Å². The number of hydrogen-bond donors (Lipinski definition) is 1. The van der Waals surface area contributed by atoms with E-state index in [2.05, 4.69) is 5.32 Å². The van der Waals surface area contributed by atoms with E-state index in [1.165, 1.54) is 11.3 Å². The summed E-state index contributed by atoms with van der Waals surface area (Å²) in [4.78, 5) is 13.1. The van der Waals surface area contributed by atoms with E-state index in [1.807, 2.05) is 54.8 Å². The van der Waals surface area contributed by atoms with E-state index in [0.29, 0.717) is 34.4 Å². The molecular formula is C21H21NO4S. The third-order valence-electron chi connectivity index (χ3n) is 3.92. The lowest BCUT2D eigenvalue weighted by Gasteiger charge is -2.10. The number of thiophene rings is 1. The van der Waals surface area contributed by atoms with E-state index >= 15 is 0 Å². The van der Waals surface area contributed by atoms with E-state index in [4.69, 9.17) is 14.2 Å². The van der Waals surface area contributed by atoms with Crippen molar-refractivity contribution in [1.29, 1.82) is 0 Å². The topological polar surface area (TPSA) is 56.8 Å². The fourth-order valence-corrected chi connectivity index (χ4v) is 3.31. The molecule has 1 amide bonds. The van der Waals surface area contributed by atoms with Crippen LogP contribution in [-0.2, 0) is 6.61 Å². The van der Waals surface area contributed by atoms with Crippen LogP contribution in [0.25, 0.3) is 0 Å². The second-order valence-corrected chi connectivity index (χ2v) is 6.86. The van der Waals surface area contributed by atoms with Crippen LogP contribution in [0.1, 0.15) is 20.8 Å². The third kappa shape index (κ3) is 4.80. The van der Waals surface area contributed by atoms with Gasteiger partial charge in [0.05, 0.1) is 19.1 Å². The van der Waals surface area contributed by atoms with Gasteiger partial charge in [-0.25, -0.2) is 0 Å². The van der Waals surface area contributed by atoms with E-state index in [0.717, 1.165) is 11.1 Å². The van der Waals surface area contributed by atoms with Gasteiger partial charge in [-0.2, -0.15) is 0 Å². The molecule has 3 rings (SSSR count). The highest BCUT2D eigenvalue weighted by Crippen LogP contribution is 2.29. The zero-order chi connectivity index (χ0) is 19.2. The fraction of sp³-hybridized carbons (Fsp3) is 0.190. The van der Waals surface area contributed by atoms with Crippen molar-refractivity contribution in [2.75, 3.05) is 19.5 Å². The van der Waals surface area contributed by atoms with E-state index < -0.39 is 0 Å². The number of amides is 1. The molecule has 0 aliphatic carbocycles. The van der Waals surface area contributed by atoms with Gasteiger partial charge in [0.25, 0.3) is 5.91 Å². The zero-order valence-electron chi connectivity index (χ0n) is 15.4. The molecule has 2 aromatic carbocycles. The van der Waals surface area contributed by atoms with Gasteiger partial charge in [0.1, 0.15) is 12.4 Å². The van der Waals surface area contributed by atoms with Crippen molar-refractivity contribution in [3.05, 3.63) is 69.9 Å². The maximum atomic E-state index is 12.4. The molecule has 0 aliphatic rings. The van der Waals surface area contributed by atoms with Crippen LogP contribution >= 0.6 is 11.3 Å².